The zero-order valence-electron chi connectivity index (χ0n) is 24.3. The molecule has 0 heterocycles. The molecule has 0 fully saturated rings. The number of anilines is 2. The van der Waals surface area contributed by atoms with Gasteiger partial charge in [-0.3, -0.25) is 14.4 Å². The Morgan fingerprint density at radius 2 is 1.17 bits per heavy atom. The molecule has 4 rings (SSSR count). The number of carbonyl (C=O) groups excluding carboxylic acids is 3. The number of ether oxygens (including phenoxy) is 2. The van der Waals surface area contributed by atoms with E-state index in [1.165, 1.54) is 27.3 Å². The average molecular weight is 567 g/mol. The van der Waals surface area contributed by atoms with E-state index in [9.17, 15) is 19.2 Å². The zero-order valence-corrected chi connectivity index (χ0v) is 24.3. The quantitative estimate of drug-likeness (QED) is 0.313. The molecule has 1 amide bonds. The van der Waals surface area contributed by atoms with Crippen LogP contribution in [0.1, 0.15) is 60.2 Å². The van der Waals surface area contributed by atoms with Crippen LogP contribution < -0.4 is 31.2 Å². The van der Waals surface area contributed by atoms with Gasteiger partial charge in [-0.05, 0) is 58.0 Å². The van der Waals surface area contributed by atoms with Gasteiger partial charge in [0, 0.05) is 65.9 Å². The Kier molecular flexibility index (Phi) is 12.1. The molecular formula is C30H38N4O7. The van der Waals surface area contributed by atoms with Crippen LogP contribution >= 0.6 is 0 Å². The highest BCUT2D eigenvalue weighted by molar-refractivity contribution is 6.00. The summed E-state index contributed by atoms with van der Waals surface area (Å²) < 4.78 is 10.3. The molecule has 0 aliphatic heterocycles. The SMILES string of the molecule is CN.CNC(=O)c1ccc(NC2=C(C)C(=O)CC2)cc1OC.COc1cc(NC2=C(C)C(=O)CC2)ccc1C(=O)O. The van der Waals surface area contributed by atoms with Crippen LogP contribution in [0.25, 0.3) is 0 Å². The van der Waals surface area contributed by atoms with Crippen LogP contribution in [0.4, 0.5) is 11.4 Å². The van der Waals surface area contributed by atoms with Gasteiger partial charge >= 0.3 is 5.97 Å². The van der Waals surface area contributed by atoms with Crippen LogP contribution in [0, 0.1) is 0 Å². The number of Topliss-reactive ketones (excluding diaryl/α,β-unsaturated/α-hetero) is 2. The van der Waals surface area contributed by atoms with E-state index in [1.54, 1.807) is 44.3 Å². The number of hydrogen-bond acceptors (Lipinski definition) is 9. The predicted octanol–water partition coefficient (Wildman–Crippen LogP) is 4.12. The van der Waals surface area contributed by atoms with E-state index in [2.05, 4.69) is 21.7 Å². The number of nitrogens with one attached hydrogen (secondary N) is 3. The molecule has 0 aromatic heterocycles. The number of amides is 1. The number of ketones is 2. The maximum absolute atomic E-state index is 11.7. The lowest BCUT2D eigenvalue weighted by Crippen LogP contribution is -2.18. The molecule has 0 saturated carbocycles. The van der Waals surface area contributed by atoms with Crippen LogP contribution in [-0.2, 0) is 9.59 Å². The number of allylic oxidation sites excluding steroid dienone is 4. The molecule has 6 N–H and O–H groups in total. The Morgan fingerprint density at radius 3 is 1.51 bits per heavy atom. The number of methoxy groups -OCH3 is 2. The Morgan fingerprint density at radius 1 is 0.756 bits per heavy atom. The second kappa shape index (κ2) is 15.2. The van der Waals surface area contributed by atoms with Crippen molar-refractivity contribution in [3.8, 4) is 11.5 Å². The lowest BCUT2D eigenvalue weighted by molar-refractivity contribution is -0.115. The van der Waals surface area contributed by atoms with Gasteiger partial charge in [0.1, 0.15) is 17.1 Å². The van der Waals surface area contributed by atoms with Gasteiger partial charge in [-0.25, -0.2) is 4.79 Å². The molecule has 220 valence electrons. The van der Waals surface area contributed by atoms with Crippen molar-refractivity contribution in [1.29, 1.82) is 0 Å². The normalized spacial score (nSPS) is 14.0. The number of carboxylic acid groups (broad SMARTS) is 1. The number of carbonyl (C=O) groups is 4. The molecule has 0 unspecified atom stereocenters. The first-order valence-corrected chi connectivity index (χ1v) is 13.0. The van der Waals surface area contributed by atoms with Crippen molar-refractivity contribution in [3.63, 3.8) is 0 Å². The first-order chi connectivity index (χ1) is 19.6. The minimum Gasteiger partial charge on any atom is -0.496 e. The summed E-state index contributed by atoms with van der Waals surface area (Å²) in [7, 11) is 6.02. The highest BCUT2D eigenvalue weighted by atomic mass is 16.5. The molecule has 11 heteroatoms. The largest absolute Gasteiger partial charge is 0.496 e. The molecule has 11 nitrogen and oxygen atoms in total. The molecule has 0 saturated heterocycles. The fourth-order valence-electron chi connectivity index (χ4n) is 4.26. The van der Waals surface area contributed by atoms with Gasteiger partial charge in [0.15, 0.2) is 11.6 Å². The van der Waals surface area contributed by atoms with Crippen LogP contribution in [0.2, 0.25) is 0 Å². The fourth-order valence-corrected chi connectivity index (χ4v) is 4.26. The number of carboxylic acids is 1. The van der Waals surface area contributed by atoms with Gasteiger partial charge in [0.05, 0.1) is 19.8 Å². The van der Waals surface area contributed by atoms with Crippen LogP contribution in [0.5, 0.6) is 11.5 Å². The smallest absolute Gasteiger partial charge is 0.339 e. The number of rotatable bonds is 8. The summed E-state index contributed by atoms with van der Waals surface area (Å²) in [5.74, 6) is -0.107. The highest BCUT2D eigenvalue weighted by Gasteiger charge is 2.21. The first kappa shape index (κ1) is 32.6. The Balaban J connectivity index is 0.000000271. The van der Waals surface area contributed by atoms with Crippen molar-refractivity contribution < 1.29 is 33.8 Å². The Hall–Kier alpha value is -4.64. The summed E-state index contributed by atoms with van der Waals surface area (Å²) in [5.41, 5.74) is 9.94. The maximum atomic E-state index is 11.7. The number of nitrogens with two attached hydrogens (primary N) is 1. The molecule has 41 heavy (non-hydrogen) atoms. The van der Waals surface area contributed by atoms with Gasteiger partial charge < -0.3 is 36.3 Å². The monoisotopic (exact) mass is 566 g/mol. The second-order valence-electron chi connectivity index (χ2n) is 9.02. The van der Waals surface area contributed by atoms with Crippen molar-refractivity contribution in [2.75, 3.05) is 38.9 Å². The van der Waals surface area contributed by atoms with Crippen molar-refractivity contribution in [1.82, 2.24) is 5.32 Å². The summed E-state index contributed by atoms with van der Waals surface area (Å²) in [6.07, 6.45) is 2.50. The number of aromatic carboxylic acids is 1. The number of hydrogen-bond donors (Lipinski definition) is 5. The van der Waals surface area contributed by atoms with E-state index in [0.717, 1.165) is 34.6 Å². The molecule has 2 aliphatic carbocycles. The van der Waals surface area contributed by atoms with E-state index < -0.39 is 5.97 Å². The standard InChI is InChI=1S/C15H18N2O3.C14H15NO4.CH5N/c1-9-12(6-7-13(9)18)17-10-4-5-11(15(19)16-2)14(8-10)20-3;1-8-11(5-6-12(8)16)15-9-3-4-10(14(17)18)13(7-9)19-2;1-2/h4-5,8,17H,6-7H2,1-3H3,(H,16,19);3-4,7,15H,5-6H2,1-2H3,(H,17,18);2H2,1H3. The molecular weight excluding hydrogens is 528 g/mol. The lowest BCUT2D eigenvalue weighted by atomic mass is 10.1. The summed E-state index contributed by atoms with van der Waals surface area (Å²) in [6.45, 7) is 3.62. The molecule has 0 bridgehead atoms. The molecule has 0 atom stereocenters. The van der Waals surface area contributed by atoms with E-state index in [0.29, 0.717) is 42.0 Å². The summed E-state index contributed by atoms with van der Waals surface area (Å²) >= 11 is 0. The van der Waals surface area contributed by atoms with E-state index in [1.807, 2.05) is 6.92 Å². The zero-order chi connectivity index (χ0) is 30.7. The van der Waals surface area contributed by atoms with Gasteiger partial charge in [-0.2, -0.15) is 0 Å². The minimum atomic E-state index is -1.03. The second-order valence-corrected chi connectivity index (χ2v) is 9.02. The third-order valence-corrected chi connectivity index (χ3v) is 6.64. The summed E-state index contributed by atoms with van der Waals surface area (Å²) in [4.78, 5) is 45.6. The van der Waals surface area contributed by atoms with Gasteiger partial charge in [0.2, 0.25) is 0 Å². The van der Waals surface area contributed by atoms with Crippen molar-refractivity contribution >= 4 is 34.8 Å². The summed E-state index contributed by atoms with van der Waals surface area (Å²) in [6, 6.07) is 10.0. The highest BCUT2D eigenvalue weighted by Crippen LogP contribution is 2.29. The van der Waals surface area contributed by atoms with E-state index in [-0.39, 0.29) is 23.0 Å². The average Bonchev–Trinajstić information content (AvgIpc) is 3.48. The molecule has 2 aromatic carbocycles. The number of benzene rings is 2. The fraction of sp³-hybridized carbons (Fsp3) is 0.333. The van der Waals surface area contributed by atoms with E-state index in [4.69, 9.17) is 14.6 Å². The Labute approximate surface area is 239 Å². The third-order valence-electron chi connectivity index (χ3n) is 6.64. The topological polar surface area (TPSA) is 169 Å². The van der Waals surface area contributed by atoms with Gasteiger partial charge in [-0.1, -0.05) is 0 Å². The molecule has 2 aliphatic rings. The molecule has 0 radical (unpaired) electrons. The lowest BCUT2D eigenvalue weighted by Gasteiger charge is -2.12. The van der Waals surface area contributed by atoms with Crippen molar-refractivity contribution in [2.45, 2.75) is 39.5 Å². The van der Waals surface area contributed by atoms with Crippen LogP contribution in [-0.4, -0.2) is 56.9 Å². The molecule has 2 aromatic rings. The van der Waals surface area contributed by atoms with Gasteiger partial charge in [0.25, 0.3) is 5.91 Å². The summed E-state index contributed by atoms with van der Waals surface area (Å²) in [5, 5.41) is 17.9. The third kappa shape index (κ3) is 8.18. The van der Waals surface area contributed by atoms with E-state index >= 15 is 0 Å². The molecule has 0 spiro atoms. The van der Waals surface area contributed by atoms with Crippen LogP contribution in [0.3, 0.4) is 0 Å². The maximum Gasteiger partial charge on any atom is 0.339 e. The minimum absolute atomic E-state index is 0.112. The van der Waals surface area contributed by atoms with Gasteiger partial charge in [-0.15, -0.1) is 0 Å². The van der Waals surface area contributed by atoms with Crippen molar-refractivity contribution in [3.05, 3.63) is 70.1 Å². The van der Waals surface area contributed by atoms with Crippen molar-refractivity contribution in [2.24, 2.45) is 5.73 Å². The van der Waals surface area contributed by atoms with Crippen LogP contribution in [0.15, 0.2) is 58.9 Å². The predicted molar refractivity (Wildman–Crippen MR) is 158 cm³/mol. The Bertz CT molecular complexity index is 1380. The first-order valence-electron chi connectivity index (χ1n) is 13.0.